The number of hydrogen-bond donors (Lipinski definition) is 0. The van der Waals surface area contributed by atoms with Crippen LogP contribution in [0.1, 0.15) is 13.3 Å². The van der Waals surface area contributed by atoms with Crippen LogP contribution in [-0.2, 0) is 14.6 Å². The molecule has 0 aliphatic carbocycles. The van der Waals surface area contributed by atoms with Crippen molar-refractivity contribution >= 4 is 27.5 Å². The van der Waals surface area contributed by atoms with Gasteiger partial charge in [0.1, 0.15) is 0 Å². The van der Waals surface area contributed by atoms with Gasteiger partial charge in [-0.2, -0.15) is 0 Å². The smallest absolute Gasteiger partial charge is 0.277 e. The third-order valence-electron chi connectivity index (χ3n) is 4.04. The number of carbonyl (C=O) groups is 1. The van der Waals surface area contributed by atoms with Gasteiger partial charge in [-0.3, -0.25) is 9.78 Å². The SMILES string of the molecule is C[C@H](Sc1nnc(-c2cccnc2)o1)C(=O)N(C)[C@@H]1CCS(=O)(=O)C1. The summed E-state index contributed by atoms with van der Waals surface area (Å²) >= 11 is 1.15. The Kier molecular flexibility index (Phi) is 5.09. The van der Waals surface area contributed by atoms with E-state index in [0.29, 0.717) is 17.9 Å². The normalized spacial score (nSPS) is 20.3. The highest BCUT2D eigenvalue weighted by atomic mass is 32.2. The Hall–Kier alpha value is -1.94. The minimum absolute atomic E-state index is 0.0261. The third-order valence-corrected chi connectivity index (χ3v) is 6.72. The van der Waals surface area contributed by atoms with Crippen molar-refractivity contribution in [2.24, 2.45) is 0 Å². The summed E-state index contributed by atoms with van der Waals surface area (Å²) in [5.41, 5.74) is 0.703. The zero-order chi connectivity index (χ0) is 18.0. The van der Waals surface area contributed by atoms with Crippen molar-refractivity contribution in [2.45, 2.75) is 29.9 Å². The summed E-state index contributed by atoms with van der Waals surface area (Å²) in [6, 6.07) is 3.30. The Morgan fingerprint density at radius 2 is 2.24 bits per heavy atom. The van der Waals surface area contributed by atoms with E-state index >= 15 is 0 Å². The van der Waals surface area contributed by atoms with Crippen LogP contribution in [0.4, 0.5) is 0 Å². The highest BCUT2D eigenvalue weighted by Crippen LogP contribution is 2.27. The summed E-state index contributed by atoms with van der Waals surface area (Å²) in [7, 11) is -1.39. The fraction of sp³-hybridized carbons (Fsp3) is 0.467. The molecule has 2 atom stereocenters. The minimum Gasteiger partial charge on any atom is -0.411 e. The number of carbonyl (C=O) groups excluding carboxylic acids is 1. The van der Waals surface area contributed by atoms with Crippen molar-refractivity contribution < 1.29 is 17.6 Å². The van der Waals surface area contributed by atoms with Gasteiger partial charge >= 0.3 is 0 Å². The second-order valence-corrected chi connectivity index (χ2v) is 9.40. The Bertz CT molecular complexity index is 853. The maximum absolute atomic E-state index is 12.5. The molecule has 1 aliphatic rings. The number of rotatable bonds is 5. The number of pyridine rings is 1. The number of nitrogens with zero attached hydrogens (tertiary/aromatic N) is 4. The second-order valence-electron chi connectivity index (χ2n) is 5.88. The third kappa shape index (κ3) is 4.18. The molecule has 10 heteroatoms. The molecule has 0 radical (unpaired) electrons. The van der Waals surface area contributed by atoms with Gasteiger partial charge in [-0.15, -0.1) is 10.2 Å². The topological polar surface area (TPSA) is 106 Å². The molecule has 0 N–H and O–H groups in total. The van der Waals surface area contributed by atoms with Gasteiger partial charge in [-0.1, -0.05) is 11.8 Å². The van der Waals surface area contributed by atoms with Crippen molar-refractivity contribution in [2.75, 3.05) is 18.6 Å². The van der Waals surface area contributed by atoms with Crippen LogP contribution < -0.4 is 0 Å². The van der Waals surface area contributed by atoms with E-state index in [0.717, 1.165) is 11.8 Å². The van der Waals surface area contributed by atoms with E-state index < -0.39 is 15.1 Å². The van der Waals surface area contributed by atoms with Crippen LogP contribution in [0.15, 0.2) is 34.2 Å². The van der Waals surface area contributed by atoms with Crippen LogP contribution in [-0.4, -0.2) is 64.3 Å². The Morgan fingerprint density at radius 3 is 2.88 bits per heavy atom. The zero-order valence-corrected chi connectivity index (χ0v) is 15.5. The number of aromatic nitrogens is 3. The zero-order valence-electron chi connectivity index (χ0n) is 13.8. The fourth-order valence-corrected chi connectivity index (χ4v) is 5.17. The first-order valence-electron chi connectivity index (χ1n) is 7.73. The van der Waals surface area contributed by atoms with Crippen molar-refractivity contribution in [3.05, 3.63) is 24.5 Å². The molecule has 25 heavy (non-hydrogen) atoms. The molecule has 0 saturated carbocycles. The molecule has 8 nitrogen and oxygen atoms in total. The molecule has 3 heterocycles. The summed E-state index contributed by atoms with van der Waals surface area (Å²) in [5, 5.41) is 7.73. The molecule has 3 rings (SSSR count). The number of hydrogen-bond acceptors (Lipinski definition) is 8. The lowest BCUT2D eigenvalue weighted by molar-refractivity contribution is -0.130. The largest absolute Gasteiger partial charge is 0.411 e. The molecule has 1 amide bonds. The standard InChI is InChI=1S/C15H18N4O4S2/c1-10(14(20)19(2)12-5-7-25(21,22)9-12)24-15-18-17-13(23-15)11-4-3-6-16-8-11/h3-4,6,8,10,12H,5,7,9H2,1-2H3/t10-,12+/m0/s1. The van der Waals surface area contributed by atoms with Crippen LogP contribution >= 0.6 is 11.8 Å². The molecule has 1 fully saturated rings. The molecule has 0 spiro atoms. The fourth-order valence-electron chi connectivity index (χ4n) is 2.61. The van der Waals surface area contributed by atoms with Crippen molar-refractivity contribution in [3.8, 4) is 11.5 Å². The van der Waals surface area contributed by atoms with Crippen molar-refractivity contribution in [3.63, 3.8) is 0 Å². The predicted octanol–water partition coefficient (Wildman–Crippen LogP) is 1.26. The Labute approximate surface area is 149 Å². The highest BCUT2D eigenvalue weighted by Gasteiger charge is 2.34. The van der Waals surface area contributed by atoms with Gasteiger partial charge < -0.3 is 9.32 Å². The van der Waals surface area contributed by atoms with E-state index in [1.54, 1.807) is 38.5 Å². The first-order chi connectivity index (χ1) is 11.9. The summed E-state index contributed by atoms with van der Waals surface area (Å²) in [5.74, 6) is 0.339. The van der Waals surface area contributed by atoms with Gasteiger partial charge in [-0.05, 0) is 25.5 Å². The lowest BCUT2D eigenvalue weighted by atomic mass is 10.2. The molecule has 1 aliphatic heterocycles. The van der Waals surface area contributed by atoms with Crippen LogP contribution in [0.3, 0.4) is 0 Å². The first kappa shape index (κ1) is 17.9. The summed E-state index contributed by atoms with van der Waals surface area (Å²) in [6.45, 7) is 1.74. The Morgan fingerprint density at radius 1 is 1.44 bits per heavy atom. The Balaban J connectivity index is 1.63. The summed E-state index contributed by atoms with van der Waals surface area (Å²) in [6.07, 6.45) is 3.74. The monoisotopic (exact) mass is 382 g/mol. The first-order valence-corrected chi connectivity index (χ1v) is 10.4. The highest BCUT2D eigenvalue weighted by molar-refractivity contribution is 8.00. The van der Waals surface area contributed by atoms with E-state index in [1.165, 1.54) is 4.90 Å². The molecule has 1 saturated heterocycles. The van der Waals surface area contributed by atoms with E-state index in [1.807, 2.05) is 0 Å². The molecular formula is C15H18N4O4S2. The molecular weight excluding hydrogens is 364 g/mol. The summed E-state index contributed by atoms with van der Waals surface area (Å²) in [4.78, 5) is 18.0. The summed E-state index contributed by atoms with van der Waals surface area (Å²) < 4.78 is 28.7. The minimum atomic E-state index is -3.03. The molecule has 0 aromatic carbocycles. The number of thioether (sulfide) groups is 1. The molecule has 134 valence electrons. The van der Waals surface area contributed by atoms with E-state index in [-0.39, 0.29) is 28.7 Å². The van der Waals surface area contributed by atoms with Gasteiger partial charge in [-0.25, -0.2) is 8.42 Å². The maximum Gasteiger partial charge on any atom is 0.277 e. The maximum atomic E-state index is 12.5. The van der Waals surface area contributed by atoms with Crippen LogP contribution in [0, 0.1) is 0 Å². The average molecular weight is 382 g/mol. The number of amides is 1. The van der Waals surface area contributed by atoms with Crippen LogP contribution in [0.5, 0.6) is 0 Å². The van der Waals surface area contributed by atoms with Gasteiger partial charge in [0, 0.05) is 25.5 Å². The second kappa shape index (κ2) is 7.12. The van der Waals surface area contributed by atoms with E-state index in [2.05, 4.69) is 15.2 Å². The van der Waals surface area contributed by atoms with Crippen molar-refractivity contribution in [1.29, 1.82) is 0 Å². The molecule has 0 bridgehead atoms. The van der Waals surface area contributed by atoms with Crippen molar-refractivity contribution in [1.82, 2.24) is 20.1 Å². The van der Waals surface area contributed by atoms with Crippen LogP contribution in [0.25, 0.3) is 11.5 Å². The van der Waals surface area contributed by atoms with Gasteiger partial charge in [0.15, 0.2) is 9.84 Å². The average Bonchev–Trinajstić information content (AvgIpc) is 3.20. The van der Waals surface area contributed by atoms with Crippen LogP contribution in [0.2, 0.25) is 0 Å². The number of sulfone groups is 1. The molecule has 0 unspecified atom stereocenters. The van der Waals surface area contributed by atoms with Gasteiger partial charge in [0.2, 0.25) is 11.8 Å². The lowest BCUT2D eigenvalue weighted by Crippen LogP contribution is -2.41. The van der Waals surface area contributed by atoms with Gasteiger partial charge in [0.25, 0.3) is 5.22 Å². The molecule has 2 aromatic heterocycles. The van der Waals surface area contributed by atoms with E-state index in [4.69, 9.17) is 4.42 Å². The van der Waals surface area contributed by atoms with Gasteiger partial charge in [0.05, 0.1) is 22.3 Å². The molecule has 2 aromatic rings. The lowest BCUT2D eigenvalue weighted by Gasteiger charge is -2.25. The predicted molar refractivity (Wildman–Crippen MR) is 92.7 cm³/mol. The quantitative estimate of drug-likeness (QED) is 0.712. The van der Waals surface area contributed by atoms with E-state index in [9.17, 15) is 13.2 Å².